The van der Waals surface area contributed by atoms with Gasteiger partial charge in [-0.2, -0.15) is 0 Å². The van der Waals surface area contributed by atoms with Crippen LogP contribution in [0.1, 0.15) is 44.6 Å². The summed E-state index contributed by atoms with van der Waals surface area (Å²) in [7, 11) is 0. The third-order valence-electron chi connectivity index (χ3n) is 4.83. The summed E-state index contributed by atoms with van der Waals surface area (Å²) in [4.78, 5) is 14.8. The number of nitrogens with zero attached hydrogens (tertiary/aromatic N) is 1. The molecule has 0 aliphatic carbocycles. The molecule has 0 spiro atoms. The van der Waals surface area contributed by atoms with Gasteiger partial charge in [-0.3, -0.25) is 4.79 Å². The molecule has 0 radical (unpaired) electrons. The van der Waals surface area contributed by atoms with Gasteiger partial charge in [0.25, 0.3) is 0 Å². The highest BCUT2D eigenvalue weighted by Crippen LogP contribution is 2.34. The van der Waals surface area contributed by atoms with E-state index in [-0.39, 0.29) is 24.1 Å². The predicted molar refractivity (Wildman–Crippen MR) is 84.8 cm³/mol. The van der Waals surface area contributed by atoms with Gasteiger partial charge in [0.1, 0.15) is 5.75 Å². The first-order chi connectivity index (χ1) is 10.7. The monoisotopic (exact) mass is 303 g/mol. The molecule has 1 N–H and O–H groups in total. The van der Waals surface area contributed by atoms with Gasteiger partial charge in [0, 0.05) is 12.1 Å². The number of piperidine rings is 2. The molecule has 3 atom stereocenters. The number of aliphatic hydroxyl groups is 1. The third kappa shape index (κ3) is 3.27. The lowest BCUT2D eigenvalue weighted by Gasteiger charge is -2.47. The highest BCUT2D eigenvalue weighted by molar-refractivity contribution is 5.79. The van der Waals surface area contributed by atoms with E-state index in [1.807, 2.05) is 31.2 Å². The van der Waals surface area contributed by atoms with Crippen molar-refractivity contribution in [1.29, 1.82) is 0 Å². The molecule has 1 amide bonds. The Labute approximate surface area is 132 Å². The Hall–Kier alpha value is -1.55. The summed E-state index contributed by atoms with van der Waals surface area (Å²) in [6.45, 7) is 2.61. The van der Waals surface area contributed by atoms with Crippen LogP contribution >= 0.6 is 0 Å². The van der Waals surface area contributed by atoms with E-state index in [1.54, 1.807) is 0 Å². The molecule has 1 aromatic rings. The lowest BCUT2D eigenvalue weighted by molar-refractivity contribution is -0.143. The number of benzene rings is 1. The van der Waals surface area contributed by atoms with Crippen molar-refractivity contribution in [1.82, 2.24) is 4.90 Å². The van der Waals surface area contributed by atoms with Crippen LogP contribution in [0.2, 0.25) is 0 Å². The molecule has 2 fully saturated rings. The number of rotatable bonds is 4. The maximum absolute atomic E-state index is 12.7. The molecular formula is C18H25NO3. The van der Waals surface area contributed by atoms with E-state index in [0.717, 1.165) is 37.0 Å². The van der Waals surface area contributed by atoms with E-state index in [0.29, 0.717) is 13.0 Å². The van der Waals surface area contributed by atoms with Gasteiger partial charge in [0.15, 0.2) is 0 Å². The Balaban J connectivity index is 1.66. The Kier molecular flexibility index (Phi) is 4.67. The molecule has 4 heteroatoms. The fourth-order valence-corrected chi connectivity index (χ4v) is 3.90. The van der Waals surface area contributed by atoms with E-state index >= 15 is 0 Å². The maximum Gasteiger partial charge on any atom is 0.227 e. The number of amides is 1. The summed E-state index contributed by atoms with van der Waals surface area (Å²) in [5.74, 6) is 1.04. The van der Waals surface area contributed by atoms with Crippen molar-refractivity contribution in [3.63, 3.8) is 0 Å². The van der Waals surface area contributed by atoms with Crippen LogP contribution in [0.25, 0.3) is 0 Å². The van der Waals surface area contributed by atoms with Gasteiger partial charge in [0.2, 0.25) is 5.91 Å². The molecule has 1 unspecified atom stereocenters. The fourth-order valence-electron chi connectivity index (χ4n) is 3.90. The van der Waals surface area contributed by atoms with Crippen LogP contribution in [0, 0.1) is 0 Å². The first kappa shape index (κ1) is 15.3. The van der Waals surface area contributed by atoms with Crippen molar-refractivity contribution in [2.24, 2.45) is 0 Å². The molecule has 2 aliphatic heterocycles. The van der Waals surface area contributed by atoms with Gasteiger partial charge in [-0.05, 0) is 56.7 Å². The van der Waals surface area contributed by atoms with Crippen LogP contribution in [0.5, 0.6) is 5.75 Å². The van der Waals surface area contributed by atoms with Gasteiger partial charge >= 0.3 is 0 Å². The summed E-state index contributed by atoms with van der Waals surface area (Å²) in [5.41, 5.74) is 1.03. The number of ether oxygens (including phenoxy) is 1. The molecule has 22 heavy (non-hydrogen) atoms. The molecule has 2 heterocycles. The molecule has 2 saturated heterocycles. The Morgan fingerprint density at radius 1 is 1.23 bits per heavy atom. The van der Waals surface area contributed by atoms with Gasteiger partial charge < -0.3 is 14.7 Å². The zero-order chi connectivity index (χ0) is 15.5. The zero-order valence-electron chi connectivity index (χ0n) is 13.2. The fraction of sp³-hybridized carbons (Fsp3) is 0.611. The SMILES string of the molecule is CCOc1ccc(CC(=O)N2[C@@H]3CCC[C@H]2CC(O)C3)cc1. The number of carbonyl (C=O) groups excluding carboxylic acids is 1. The second-order valence-electron chi connectivity index (χ2n) is 6.42. The Bertz CT molecular complexity index is 500. The van der Waals surface area contributed by atoms with Crippen molar-refractivity contribution in [3.05, 3.63) is 29.8 Å². The number of fused-ring (bicyclic) bond motifs is 2. The first-order valence-electron chi connectivity index (χ1n) is 8.38. The lowest BCUT2D eigenvalue weighted by Crippen LogP contribution is -2.56. The minimum absolute atomic E-state index is 0.200. The number of hydrogen-bond donors (Lipinski definition) is 1. The van der Waals surface area contributed by atoms with Crippen LogP contribution < -0.4 is 4.74 Å². The average molecular weight is 303 g/mol. The summed E-state index contributed by atoms with van der Waals surface area (Å²) < 4.78 is 5.43. The number of aliphatic hydroxyl groups excluding tert-OH is 1. The van der Waals surface area contributed by atoms with Crippen LogP contribution in [-0.2, 0) is 11.2 Å². The minimum atomic E-state index is -0.232. The van der Waals surface area contributed by atoms with Crippen molar-refractivity contribution < 1.29 is 14.6 Å². The quantitative estimate of drug-likeness (QED) is 0.930. The molecule has 3 rings (SSSR count). The van der Waals surface area contributed by atoms with Crippen molar-refractivity contribution >= 4 is 5.91 Å². The second kappa shape index (κ2) is 6.69. The second-order valence-corrected chi connectivity index (χ2v) is 6.42. The summed E-state index contributed by atoms with van der Waals surface area (Å²) in [6, 6.07) is 8.25. The van der Waals surface area contributed by atoms with Crippen molar-refractivity contribution in [3.8, 4) is 5.75 Å². The molecule has 4 nitrogen and oxygen atoms in total. The van der Waals surface area contributed by atoms with E-state index in [9.17, 15) is 9.90 Å². The van der Waals surface area contributed by atoms with Crippen molar-refractivity contribution in [2.45, 2.75) is 63.6 Å². The molecular weight excluding hydrogens is 278 g/mol. The summed E-state index contributed by atoms with van der Waals surface area (Å²) >= 11 is 0. The number of hydrogen-bond acceptors (Lipinski definition) is 3. The highest BCUT2D eigenvalue weighted by atomic mass is 16.5. The maximum atomic E-state index is 12.7. The first-order valence-corrected chi connectivity index (χ1v) is 8.38. The molecule has 2 bridgehead atoms. The van der Waals surface area contributed by atoms with Crippen molar-refractivity contribution in [2.75, 3.05) is 6.61 Å². The van der Waals surface area contributed by atoms with E-state index in [4.69, 9.17) is 4.74 Å². The summed E-state index contributed by atoms with van der Waals surface area (Å²) in [6.07, 6.45) is 4.93. The van der Waals surface area contributed by atoms with Gasteiger partial charge in [-0.15, -0.1) is 0 Å². The summed E-state index contributed by atoms with van der Waals surface area (Å²) in [5, 5.41) is 9.93. The van der Waals surface area contributed by atoms with Crippen LogP contribution in [0.15, 0.2) is 24.3 Å². The van der Waals surface area contributed by atoms with Crippen LogP contribution in [0.4, 0.5) is 0 Å². The zero-order valence-corrected chi connectivity index (χ0v) is 13.2. The largest absolute Gasteiger partial charge is 0.494 e. The topological polar surface area (TPSA) is 49.8 Å². The van der Waals surface area contributed by atoms with E-state index in [1.165, 1.54) is 6.42 Å². The standard InChI is InChI=1S/C18H25NO3/c1-2-22-17-8-6-13(7-9-17)10-18(21)19-14-4-3-5-15(19)12-16(20)11-14/h6-9,14-16,20H,2-5,10-12H2,1H3/t14-,15+,16?. The Morgan fingerprint density at radius 3 is 2.45 bits per heavy atom. The normalized spacial score (nSPS) is 27.5. The highest BCUT2D eigenvalue weighted by Gasteiger charge is 2.39. The van der Waals surface area contributed by atoms with Gasteiger partial charge in [0.05, 0.1) is 19.1 Å². The number of carbonyl (C=O) groups is 1. The minimum Gasteiger partial charge on any atom is -0.494 e. The molecule has 0 saturated carbocycles. The smallest absolute Gasteiger partial charge is 0.227 e. The average Bonchev–Trinajstić information content (AvgIpc) is 2.48. The van der Waals surface area contributed by atoms with Crippen LogP contribution in [-0.4, -0.2) is 40.7 Å². The predicted octanol–water partition coefficient (Wildman–Crippen LogP) is 2.53. The van der Waals surface area contributed by atoms with E-state index in [2.05, 4.69) is 4.90 Å². The van der Waals surface area contributed by atoms with E-state index < -0.39 is 0 Å². The van der Waals surface area contributed by atoms with Gasteiger partial charge in [-0.1, -0.05) is 12.1 Å². The van der Waals surface area contributed by atoms with Gasteiger partial charge in [-0.25, -0.2) is 0 Å². The molecule has 2 aliphatic rings. The third-order valence-corrected chi connectivity index (χ3v) is 4.83. The Morgan fingerprint density at radius 2 is 1.86 bits per heavy atom. The lowest BCUT2D eigenvalue weighted by atomic mass is 9.82. The molecule has 1 aromatic carbocycles. The molecule has 120 valence electrons. The molecule has 0 aromatic heterocycles. The van der Waals surface area contributed by atoms with Crippen LogP contribution in [0.3, 0.4) is 0 Å².